The van der Waals surface area contributed by atoms with E-state index in [2.05, 4.69) is 15.7 Å². The second-order valence-corrected chi connectivity index (χ2v) is 6.20. The minimum atomic E-state index is -0.140. The van der Waals surface area contributed by atoms with E-state index < -0.39 is 0 Å². The average Bonchev–Trinajstić information content (AvgIpc) is 2.91. The molecule has 0 spiro atoms. The molecule has 4 heteroatoms. The highest BCUT2D eigenvalue weighted by atomic mass is 32.1. The lowest BCUT2D eigenvalue weighted by Crippen LogP contribution is -2.44. The molecule has 0 aliphatic heterocycles. The molecule has 2 aliphatic carbocycles. The Labute approximate surface area is 106 Å². The zero-order valence-electron chi connectivity index (χ0n) is 10.2. The lowest BCUT2D eigenvalue weighted by atomic mass is 9.98. The number of thiazole rings is 1. The maximum atomic E-state index is 12.0. The summed E-state index contributed by atoms with van der Waals surface area (Å²) in [5.41, 5.74) is 0.926. The Kier molecular flexibility index (Phi) is 2.69. The quantitative estimate of drug-likeness (QED) is 0.896. The molecule has 1 aromatic heterocycles. The second-order valence-electron chi connectivity index (χ2n) is 5.35. The van der Waals surface area contributed by atoms with Crippen molar-refractivity contribution >= 4 is 17.2 Å². The number of nitrogens with one attached hydrogen (secondary N) is 1. The van der Waals surface area contributed by atoms with E-state index in [1.807, 2.05) is 6.92 Å². The Morgan fingerprint density at radius 2 is 2.18 bits per heavy atom. The Morgan fingerprint density at radius 1 is 1.47 bits per heavy atom. The predicted octanol–water partition coefficient (Wildman–Crippen LogP) is 2.75. The highest BCUT2D eigenvalue weighted by molar-refractivity contribution is 7.09. The minimum Gasteiger partial charge on any atom is -0.344 e. The van der Waals surface area contributed by atoms with E-state index in [1.165, 1.54) is 12.8 Å². The Hall–Kier alpha value is -0.900. The molecule has 0 radical (unpaired) electrons. The normalized spacial score (nSPS) is 22.6. The molecule has 0 atom stereocenters. The first-order chi connectivity index (χ1) is 8.20. The minimum absolute atomic E-state index is 0.140. The molecule has 1 N–H and O–H groups in total. The van der Waals surface area contributed by atoms with Gasteiger partial charge in [-0.15, -0.1) is 11.3 Å². The van der Waals surface area contributed by atoms with Gasteiger partial charge in [0.05, 0.1) is 5.54 Å². The van der Waals surface area contributed by atoms with Crippen LogP contribution in [0.4, 0.5) is 0 Å². The van der Waals surface area contributed by atoms with E-state index in [4.69, 9.17) is 0 Å². The molecule has 2 saturated carbocycles. The van der Waals surface area contributed by atoms with Crippen LogP contribution in [0.2, 0.25) is 0 Å². The van der Waals surface area contributed by atoms with Crippen LogP contribution in [0.5, 0.6) is 0 Å². The van der Waals surface area contributed by atoms with Crippen molar-refractivity contribution in [3.8, 4) is 0 Å². The van der Waals surface area contributed by atoms with Gasteiger partial charge in [-0.05, 0) is 32.6 Å². The molecule has 3 rings (SSSR count). The van der Waals surface area contributed by atoms with Crippen LogP contribution in [0.25, 0.3) is 0 Å². The summed E-state index contributed by atoms with van der Waals surface area (Å²) in [5.74, 6) is 0.535. The number of hydrogen-bond donors (Lipinski definition) is 1. The molecule has 1 aromatic rings. The van der Waals surface area contributed by atoms with Gasteiger partial charge in [-0.3, -0.25) is 4.79 Å². The van der Waals surface area contributed by atoms with Crippen molar-refractivity contribution in [2.24, 2.45) is 5.92 Å². The number of aryl methyl sites for hydroxylation is 1. The van der Waals surface area contributed by atoms with Crippen molar-refractivity contribution in [3.05, 3.63) is 16.1 Å². The van der Waals surface area contributed by atoms with Gasteiger partial charge < -0.3 is 5.32 Å². The van der Waals surface area contributed by atoms with Crippen molar-refractivity contribution in [1.29, 1.82) is 0 Å². The largest absolute Gasteiger partial charge is 0.344 e. The van der Waals surface area contributed by atoms with Gasteiger partial charge in [0, 0.05) is 17.0 Å². The molecule has 0 aromatic carbocycles. The van der Waals surface area contributed by atoms with Gasteiger partial charge >= 0.3 is 0 Å². The molecule has 92 valence electrons. The lowest BCUT2D eigenvalue weighted by molar-refractivity contribution is -0.124. The summed E-state index contributed by atoms with van der Waals surface area (Å²) in [6, 6.07) is 0. The molecule has 0 saturated heterocycles. The fourth-order valence-electron chi connectivity index (χ4n) is 2.63. The molecule has 1 amide bonds. The molecule has 2 aliphatic rings. The summed E-state index contributed by atoms with van der Waals surface area (Å²) in [7, 11) is 0. The maximum absolute atomic E-state index is 12.0. The van der Waals surface area contributed by atoms with Gasteiger partial charge in [-0.25, -0.2) is 4.98 Å². The Bertz CT molecular complexity index is 430. The molecule has 0 unspecified atom stereocenters. The first-order valence-corrected chi connectivity index (χ1v) is 7.32. The van der Waals surface area contributed by atoms with Gasteiger partial charge in [0.1, 0.15) is 5.01 Å². The molecule has 2 fully saturated rings. The number of aromatic nitrogens is 1. The maximum Gasteiger partial charge on any atom is 0.223 e. The van der Waals surface area contributed by atoms with Crippen molar-refractivity contribution in [1.82, 2.24) is 10.3 Å². The topological polar surface area (TPSA) is 42.0 Å². The van der Waals surface area contributed by atoms with E-state index in [0.29, 0.717) is 0 Å². The van der Waals surface area contributed by atoms with Crippen molar-refractivity contribution in [2.75, 3.05) is 0 Å². The second kappa shape index (κ2) is 4.09. The van der Waals surface area contributed by atoms with Gasteiger partial charge in [0.25, 0.3) is 0 Å². The van der Waals surface area contributed by atoms with Crippen molar-refractivity contribution < 1.29 is 4.79 Å². The van der Waals surface area contributed by atoms with Crippen LogP contribution < -0.4 is 5.32 Å². The number of amides is 1. The fraction of sp³-hybridized carbons (Fsp3) is 0.692. The summed E-state index contributed by atoms with van der Waals surface area (Å²) in [4.78, 5) is 16.6. The monoisotopic (exact) mass is 250 g/mol. The van der Waals surface area contributed by atoms with Crippen LogP contribution >= 0.6 is 11.3 Å². The summed E-state index contributed by atoms with van der Waals surface area (Å²) < 4.78 is 0. The Morgan fingerprint density at radius 3 is 2.71 bits per heavy atom. The van der Waals surface area contributed by atoms with Crippen LogP contribution in [-0.4, -0.2) is 10.9 Å². The van der Waals surface area contributed by atoms with Crippen LogP contribution in [0, 0.1) is 12.8 Å². The first-order valence-electron chi connectivity index (χ1n) is 6.44. The van der Waals surface area contributed by atoms with Crippen LogP contribution in [0.3, 0.4) is 0 Å². The van der Waals surface area contributed by atoms with Crippen molar-refractivity contribution in [3.63, 3.8) is 0 Å². The third-order valence-electron chi connectivity index (χ3n) is 3.80. The molecule has 1 heterocycles. The molecule has 3 nitrogen and oxygen atoms in total. The summed E-state index contributed by atoms with van der Waals surface area (Å²) in [6.07, 6.45) is 6.64. The van der Waals surface area contributed by atoms with E-state index in [-0.39, 0.29) is 17.4 Å². The van der Waals surface area contributed by atoms with E-state index >= 15 is 0 Å². The Balaban J connectivity index is 1.84. The third-order valence-corrected chi connectivity index (χ3v) is 4.96. The molecular formula is C13H18N2OS. The zero-order valence-corrected chi connectivity index (χ0v) is 11.0. The van der Waals surface area contributed by atoms with Crippen LogP contribution in [0.15, 0.2) is 5.38 Å². The molecule has 17 heavy (non-hydrogen) atoms. The molecular weight excluding hydrogens is 232 g/mol. The number of hydrogen-bond acceptors (Lipinski definition) is 3. The smallest absolute Gasteiger partial charge is 0.223 e. The predicted molar refractivity (Wildman–Crippen MR) is 67.9 cm³/mol. The highest BCUT2D eigenvalue weighted by Crippen LogP contribution is 2.41. The first kappa shape index (κ1) is 11.2. The standard InChI is InChI=1S/C13H18N2OS/c1-9-8-17-12(14-9)13(6-2-3-7-13)15-11(16)10-4-5-10/h8,10H,2-7H2,1H3,(H,15,16). The zero-order chi connectivity index (χ0) is 11.9. The van der Waals surface area contributed by atoms with Gasteiger partial charge in [0.2, 0.25) is 5.91 Å². The molecule has 0 bridgehead atoms. The number of nitrogens with zero attached hydrogens (tertiary/aromatic N) is 1. The van der Waals surface area contributed by atoms with E-state index in [1.54, 1.807) is 11.3 Å². The van der Waals surface area contributed by atoms with Crippen LogP contribution in [0.1, 0.15) is 49.2 Å². The van der Waals surface area contributed by atoms with E-state index in [9.17, 15) is 4.79 Å². The van der Waals surface area contributed by atoms with Crippen molar-refractivity contribution in [2.45, 2.75) is 51.0 Å². The summed E-state index contributed by atoms with van der Waals surface area (Å²) in [5, 5.41) is 6.49. The third kappa shape index (κ3) is 2.10. The summed E-state index contributed by atoms with van der Waals surface area (Å²) >= 11 is 1.69. The van der Waals surface area contributed by atoms with Crippen LogP contribution in [-0.2, 0) is 10.3 Å². The SMILES string of the molecule is Cc1csc(C2(NC(=O)C3CC3)CCCC2)n1. The van der Waals surface area contributed by atoms with Gasteiger partial charge in [-0.2, -0.15) is 0 Å². The van der Waals surface area contributed by atoms with E-state index in [0.717, 1.165) is 36.4 Å². The van der Waals surface area contributed by atoms with Gasteiger partial charge in [-0.1, -0.05) is 12.8 Å². The van der Waals surface area contributed by atoms with Gasteiger partial charge in [0.15, 0.2) is 0 Å². The number of carbonyl (C=O) groups is 1. The number of rotatable bonds is 3. The fourth-order valence-corrected chi connectivity index (χ4v) is 3.64. The average molecular weight is 250 g/mol. The lowest BCUT2D eigenvalue weighted by Gasteiger charge is -2.28. The summed E-state index contributed by atoms with van der Waals surface area (Å²) in [6.45, 7) is 2.02. The highest BCUT2D eigenvalue weighted by Gasteiger charge is 2.42. The number of carbonyl (C=O) groups excluding carboxylic acids is 1.